The molecule has 0 aliphatic heterocycles. The molecule has 5 heteroatoms. The minimum atomic E-state index is 0.464. The SMILES string of the molecule is COc1ccc(/C(C#N)=C/C#Cc2cccc(NC=O)c2)c(N(C)C)c1. The summed E-state index contributed by atoms with van der Waals surface area (Å²) in [6.07, 6.45) is 2.21. The number of nitrogens with zero attached hydrogens (tertiary/aromatic N) is 2. The predicted octanol–water partition coefficient (Wildman–Crippen LogP) is 3.29. The number of nitrogens with one attached hydrogen (secondary N) is 1. The number of carbonyl (C=O) groups is 1. The highest BCUT2D eigenvalue weighted by atomic mass is 16.5. The Bertz CT molecular complexity index is 928. The Labute approximate surface area is 153 Å². The van der Waals surface area contributed by atoms with Crippen LogP contribution in [0, 0.1) is 23.2 Å². The smallest absolute Gasteiger partial charge is 0.211 e. The number of allylic oxidation sites excluding steroid dienone is 2. The van der Waals surface area contributed by atoms with Crippen molar-refractivity contribution in [1.82, 2.24) is 0 Å². The molecule has 2 aromatic carbocycles. The Morgan fingerprint density at radius 3 is 2.69 bits per heavy atom. The first-order chi connectivity index (χ1) is 12.6. The van der Waals surface area contributed by atoms with Gasteiger partial charge in [0, 0.05) is 48.7 Å². The van der Waals surface area contributed by atoms with Crippen LogP contribution in [0.25, 0.3) is 5.57 Å². The third-order valence-electron chi connectivity index (χ3n) is 3.62. The third kappa shape index (κ3) is 4.66. The minimum absolute atomic E-state index is 0.464. The van der Waals surface area contributed by atoms with Crippen molar-refractivity contribution in [3.05, 3.63) is 59.7 Å². The molecule has 0 bridgehead atoms. The molecule has 0 aliphatic carbocycles. The molecule has 0 spiro atoms. The largest absolute Gasteiger partial charge is 0.497 e. The normalized spacial score (nSPS) is 10.2. The number of amides is 1. The van der Waals surface area contributed by atoms with E-state index in [1.54, 1.807) is 31.4 Å². The van der Waals surface area contributed by atoms with E-state index in [0.717, 1.165) is 22.6 Å². The van der Waals surface area contributed by atoms with Gasteiger partial charge in [0.05, 0.1) is 12.7 Å². The van der Waals surface area contributed by atoms with E-state index in [2.05, 4.69) is 23.2 Å². The highest BCUT2D eigenvalue weighted by Crippen LogP contribution is 2.29. The van der Waals surface area contributed by atoms with Gasteiger partial charge in [0.1, 0.15) is 11.8 Å². The van der Waals surface area contributed by atoms with Crippen molar-refractivity contribution >= 4 is 23.4 Å². The second-order valence-electron chi connectivity index (χ2n) is 5.56. The van der Waals surface area contributed by atoms with Gasteiger partial charge in [-0.2, -0.15) is 5.26 Å². The van der Waals surface area contributed by atoms with Crippen molar-refractivity contribution in [2.45, 2.75) is 0 Å². The monoisotopic (exact) mass is 345 g/mol. The lowest BCUT2D eigenvalue weighted by atomic mass is 10.0. The molecule has 2 rings (SSSR count). The maximum absolute atomic E-state index is 10.5. The van der Waals surface area contributed by atoms with E-state index in [1.165, 1.54) is 0 Å². The van der Waals surface area contributed by atoms with Gasteiger partial charge in [-0.1, -0.05) is 17.9 Å². The Kier molecular flexibility index (Phi) is 6.42. The second kappa shape index (κ2) is 8.96. The predicted molar refractivity (Wildman–Crippen MR) is 104 cm³/mol. The van der Waals surface area contributed by atoms with E-state index in [0.29, 0.717) is 17.7 Å². The molecule has 0 radical (unpaired) electrons. The van der Waals surface area contributed by atoms with Crippen LogP contribution in [0.1, 0.15) is 11.1 Å². The molecule has 2 aromatic rings. The van der Waals surface area contributed by atoms with Crippen molar-refractivity contribution in [2.24, 2.45) is 0 Å². The summed E-state index contributed by atoms with van der Waals surface area (Å²) in [5, 5.41) is 12.1. The first-order valence-electron chi connectivity index (χ1n) is 7.87. The fourth-order valence-electron chi connectivity index (χ4n) is 2.35. The molecule has 1 N–H and O–H groups in total. The van der Waals surface area contributed by atoms with Crippen LogP contribution in [0.2, 0.25) is 0 Å². The van der Waals surface area contributed by atoms with Crippen molar-refractivity contribution in [2.75, 3.05) is 31.4 Å². The van der Waals surface area contributed by atoms with E-state index in [9.17, 15) is 10.1 Å². The Morgan fingerprint density at radius 1 is 1.23 bits per heavy atom. The average molecular weight is 345 g/mol. The van der Waals surface area contributed by atoms with Crippen LogP contribution in [-0.4, -0.2) is 27.6 Å². The zero-order valence-corrected chi connectivity index (χ0v) is 14.9. The number of methoxy groups -OCH3 is 1. The van der Waals surface area contributed by atoms with Gasteiger partial charge in [-0.05, 0) is 30.3 Å². The lowest BCUT2D eigenvalue weighted by Crippen LogP contribution is -2.11. The quantitative estimate of drug-likeness (QED) is 0.513. The van der Waals surface area contributed by atoms with Gasteiger partial charge < -0.3 is 15.0 Å². The van der Waals surface area contributed by atoms with E-state index in [-0.39, 0.29) is 0 Å². The fourth-order valence-corrected chi connectivity index (χ4v) is 2.35. The van der Waals surface area contributed by atoms with Crippen molar-refractivity contribution in [3.8, 4) is 23.7 Å². The van der Waals surface area contributed by atoms with Crippen LogP contribution in [0.15, 0.2) is 48.5 Å². The van der Waals surface area contributed by atoms with Crippen molar-refractivity contribution in [1.29, 1.82) is 5.26 Å². The molecule has 26 heavy (non-hydrogen) atoms. The number of nitriles is 1. The molecule has 0 aliphatic rings. The molecule has 0 atom stereocenters. The highest BCUT2D eigenvalue weighted by Gasteiger charge is 2.10. The highest BCUT2D eigenvalue weighted by molar-refractivity contribution is 5.86. The summed E-state index contributed by atoms with van der Waals surface area (Å²) in [6.45, 7) is 0. The Hall–Kier alpha value is -3.70. The molecular weight excluding hydrogens is 326 g/mol. The molecule has 1 amide bonds. The molecule has 0 fully saturated rings. The molecule has 130 valence electrons. The molecule has 0 unspecified atom stereocenters. The van der Waals surface area contributed by atoms with Gasteiger partial charge in [-0.3, -0.25) is 4.79 Å². The Balaban J connectivity index is 2.37. The molecule has 0 saturated carbocycles. The number of hydrogen-bond acceptors (Lipinski definition) is 4. The maximum Gasteiger partial charge on any atom is 0.211 e. The lowest BCUT2D eigenvalue weighted by Gasteiger charge is -2.17. The van der Waals surface area contributed by atoms with E-state index in [4.69, 9.17) is 4.74 Å². The van der Waals surface area contributed by atoms with Gasteiger partial charge in [-0.15, -0.1) is 0 Å². The number of anilines is 2. The first-order valence-corrected chi connectivity index (χ1v) is 7.87. The van der Waals surface area contributed by atoms with Crippen LogP contribution in [0.4, 0.5) is 11.4 Å². The number of hydrogen-bond donors (Lipinski definition) is 1. The zero-order chi connectivity index (χ0) is 18.9. The summed E-state index contributed by atoms with van der Waals surface area (Å²) in [4.78, 5) is 12.4. The molecular formula is C21H19N3O2. The van der Waals surface area contributed by atoms with Gasteiger partial charge in [0.2, 0.25) is 6.41 Å². The van der Waals surface area contributed by atoms with Gasteiger partial charge >= 0.3 is 0 Å². The number of ether oxygens (including phenoxy) is 1. The molecule has 0 heterocycles. The van der Waals surface area contributed by atoms with E-state index < -0.39 is 0 Å². The van der Waals surface area contributed by atoms with E-state index in [1.807, 2.05) is 43.3 Å². The van der Waals surface area contributed by atoms with Crippen LogP contribution in [0.5, 0.6) is 5.75 Å². The summed E-state index contributed by atoms with van der Waals surface area (Å²) in [6, 6.07) is 14.9. The third-order valence-corrected chi connectivity index (χ3v) is 3.62. The van der Waals surface area contributed by atoms with Crippen LogP contribution in [-0.2, 0) is 4.79 Å². The fraction of sp³-hybridized carbons (Fsp3) is 0.143. The minimum Gasteiger partial charge on any atom is -0.497 e. The van der Waals surface area contributed by atoms with Crippen LogP contribution < -0.4 is 15.0 Å². The van der Waals surface area contributed by atoms with Gasteiger partial charge in [0.15, 0.2) is 0 Å². The summed E-state index contributed by atoms with van der Waals surface area (Å²) in [7, 11) is 5.42. The molecule has 0 saturated heterocycles. The zero-order valence-electron chi connectivity index (χ0n) is 14.9. The molecule has 0 aromatic heterocycles. The van der Waals surface area contributed by atoms with Crippen molar-refractivity contribution < 1.29 is 9.53 Å². The lowest BCUT2D eigenvalue weighted by molar-refractivity contribution is -0.105. The summed E-state index contributed by atoms with van der Waals surface area (Å²) in [5.74, 6) is 6.61. The van der Waals surface area contributed by atoms with Crippen LogP contribution >= 0.6 is 0 Å². The summed E-state index contributed by atoms with van der Waals surface area (Å²) in [5.41, 5.74) is 3.53. The average Bonchev–Trinajstić information content (AvgIpc) is 2.65. The number of rotatable bonds is 5. The second-order valence-corrected chi connectivity index (χ2v) is 5.56. The topological polar surface area (TPSA) is 65.4 Å². The maximum atomic E-state index is 10.5. The summed E-state index contributed by atoms with van der Waals surface area (Å²) < 4.78 is 5.26. The van der Waals surface area contributed by atoms with Crippen molar-refractivity contribution in [3.63, 3.8) is 0 Å². The van der Waals surface area contributed by atoms with E-state index >= 15 is 0 Å². The van der Waals surface area contributed by atoms with Gasteiger partial charge in [0.25, 0.3) is 0 Å². The first kappa shape index (κ1) is 18.6. The molecule has 5 nitrogen and oxygen atoms in total. The van der Waals surface area contributed by atoms with Gasteiger partial charge in [-0.25, -0.2) is 0 Å². The number of benzene rings is 2. The summed E-state index contributed by atoms with van der Waals surface area (Å²) >= 11 is 0. The number of carbonyl (C=O) groups excluding carboxylic acids is 1. The Morgan fingerprint density at radius 2 is 2.04 bits per heavy atom. The van der Waals surface area contributed by atoms with Crippen LogP contribution in [0.3, 0.4) is 0 Å². The standard InChI is InChI=1S/C21H19N3O2/c1-24(2)21-13-19(26-3)10-11-20(21)17(14-22)8-4-6-16-7-5-9-18(12-16)23-15-25/h5,7-13,15H,1-3H3,(H,23,25)/b17-8+.